The van der Waals surface area contributed by atoms with E-state index >= 15 is 0 Å². The zero-order valence-corrected chi connectivity index (χ0v) is 36.2. The van der Waals surface area contributed by atoms with Crippen LogP contribution in [0.2, 0.25) is 0 Å². The molecule has 4 aromatic carbocycles. The van der Waals surface area contributed by atoms with E-state index in [2.05, 4.69) is 0 Å². The fourth-order valence-electron chi connectivity index (χ4n) is 7.17. The second kappa shape index (κ2) is 21.2. The molecule has 14 nitrogen and oxygen atoms in total. The second-order valence-electron chi connectivity index (χ2n) is 14.7. The van der Waals surface area contributed by atoms with Crippen LogP contribution in [0.4, 0.5) is 0 Å². The van der Waals surface area contributed by atoms with Crippen LogP contribution in [0, 0.1) is 5.92 Å². The highest BCUT2D eigenvalue weighted by molar-refractivity contribution is 7.58. The standard InChI is InChI=1S/C45H57O14P/c1-48-33-13-15-34(16-14-33)58-45-44(57-27-32-12-19-37(51-4)41(24-32)54-7)43(56-26-31-11-18-36(50-3)40(23-31)53-6)42(38(59-45)20-21-60(46,47)28-29-8-9-29)55-25-30-10-17-35(49-2)39(22-30)52-5/h10-19,22-24,29,38,42-45H,8-9,20-21,25-28H2,1-7H3,(H,46,47)/t38-,42-,43+,44+,45?/m1/s1. The minimum Gasteiger partial charge on any atom is -0.497 e. The Morgan fingerprint density at radius 2 is 0.983 bits per heavy atom. The van der Waals surface area contributed by atoms with Gasteiger partial charge in [-0.1, -0.05) is 18.2 Å². The van der Waals surface area contributed by atoms with Gasteiger partial charge in [0.05, 0.1) is 75.7 Å². The van der Waals surface area contributed by atoms with Gasteiger partial charge in [0.1, 0.15) is 29.8 Å². The monoisotopic (exact) mass is 852 g/mol. The minimum absolute atomic E-state index is 0.0270. The second-order valence-corrected chi connectivity index (χ2v) is 17.2. The Bertz CT molecular complexity index is 2020. The van der Waals surface area contributed by atoms with Crippen LogP contribution in [-0.4, -0.2) is 97.7 Å². The highest BCUT2D eigenvalue weighted by Crippen LogP contribution is 2.50. The molecule has 1 aliphatic heterocycles. The number of benzene rings is 4. The molecular weight excluding hydrogens is 795 g/mol. The van der Waals surface area contributed by atoms with Crippen LogP contribution in [0.3, 0.4) is 0 Å². The van der Waals surface area contributed by atoms with Crippen molar-refractivity contribution in [2.45, 2.75) is 69.8 Å². The van der Waals surface area contributed by atoms with Crippen LogP contribution in [-0.2, 0) is 43.3 Å². The van der Waals surface area contributed by atoms with E-state index in [-0.39, 0.29) is 44.5 Å². The summed E-state index contributed by atoms with van der Waals surface area (Å²) in [5, 5.41) is 0. The lowest BCUT2D eigenvalue weighted by Crippen LogP contribution is -2.61. The van der Waals surface area contributed by atoms with Crippen LogP contribution in [0.15, 0.2) is 78.9 Å². The molecular formula is C45H57O14P. The summed E-state index contributed by atoms with van der Waals surface area (Å²) < 4.78 is 86.1. The Morgan fingerprint density at radius 1 is 0.550 bits per heavy atom. The van der Waals surface area contributed by atoms with E-state index in [9.17, 15) is 9.46 Å². The molecule has 15 heteroatoms. The van der Waals surface area contributed by atoms with Gasteiger partial charge in [0.15, 0.2) is 34.5 Å². The average Bonchev–Trinajstić information content (AvgIpc) is 4.09. The van der Waals surface area contributed by atoms with Crippen LogP contribution < -0.4 is 37.9 Å². The average molecular weight is 853 g/mol. The Morgan fingerprint density at radius 3 is 1.42 bits per heavy atom. The van der Waals surface area contributed by atoms with Gasteiger partial charge in [-0.3, -0.25) is 4.57 Å². The summed E-state index contributed by atoms with van der Waals surface area (Å²) in [6.07, 6.45) is -1.96. The quantitative estimate of drug-likeness (QED) is 0.0728. The van der Waals surface area contributed by atoms with E-state index in [4.69, 9.17) is 56.8 Å². The molecule has 2 fully saturated rings. The van der Waals surface area contributed by atoms with Gasteiger partial charge in [0.2, 0.25) is 13.7 Å². The minimum atomic E-state index is -3.49. The maximum atomic E-state index is 13.6. The molecule has 6 rings (SSSR count). The molecule has 0 bridgehead atoms. The highest BCUT2D eigenvalue weighted by atomic mass is 31.2. The first kappa shape index (κ1) is 44.9. The zero-order valence-electron chi connectivity index (χ0n) is 35.3. The summed E-state index contributed by atoms with van der Waals surface area (Å²) >= 11 is 0. The van der Waals surface area contributed by atoms with Crippen molar-refractivity contribution >= 4 is 7.37 Å². The molecule has 6 atom stereocenters. The Balaban J connectivity index is 1.40. The Hall–Kier alpha value is -4.69. The van der Waals surface area contributed by atoms with E-state index in [1.165, 1.54) is 0 Å². The molecule has 4 aromatic rings. The van der Waals surface area contributed by atoms with Crippen molar-refractivity contribution in [1.29, 1.82) is 0 Å². The molecule has 326 valence electrons. The third-order valence-corrected chi connectivity index (χ3v) is 12.6. The van der Waals surface area contributed by atoms with Crippen molar-refractivity contribution in [3.05, 3.63) is 95.6 Å². The lowest BCUT2D eigenvalue weighted by molar-refractivity contribution is -0.304. The number of hydrogen-bond donors (Lipinski definition) is 1. The number of rotatable bonds is 23. The summed E-state index contributed by atoms with van der Waals surface area (Å²) in [5.74, 6) is 4.77. The molecule has 2 aliphatic rings. The van der Waals surface area contributed by atoms with Crippen molar-refractivity contribution < 1.29 is 66.3 Å². The number of ether oxygens (including phenoxy) is 12. The number of methoxy groups -OCH3 is 7. The highest BCUT2D eigenvalue weighted by Gasteiger charge is 2.50. The van der Waals surface area contributed by atoms with Crippen molar-refractivity contribution in [2.24, 2.45) is 5.92 Å². The first-order chi connectivity index (χ1) is 29.1. The summed E-state index contributed by atoms with van der Waals surface area (Å²) in [6.45, 7) is 0.333. The third-order valence-electron chi connectivity index (χ3n) is 10.6. The van der Waals surface area contributed by atoms with Crippen LogP contribution >= 0.6 is 7.37 Å². The molecule has 1 N–H and O–H groups in total. The smallest absolute Gasteiger partial charge is 0.229 e. The predicted octanol–water partition coefficient (Wildman–Crippen LogP) is 7.68. The first-order valence-electron chi connectivity index (χ1n) is 19.8. The molecule has 1 saturated heterocycles. The summed E-state index contributed by atoms with van der Waals surface area (Å²) in [4.78, 5) is 11.2. The predicted molar refractivity (Wildman–Crippen MR) is 224 cm³/mol. The molecule has 0 aromatic heterocycles. The molecule has 1 heterocycles. The van der Waals surface area contributed by atoms with Gasteiger partial charge in [0.25, 0.3) is 0 Å². The largest absolute Gasteiger partial charge is 0.497 e. The van der Waals surface area contributed by atoms with Crippen molar-refractivity contribution in [3.8, 4) is 46.0 Å². The fourth-order valence-corrected chi connectivity index (χ4v) is 9.19. The fraction of sp³-hybridized carbons (Fsp3) is 0.467. The maximum absolute atomic E-state index is 13.6. The molecule has 1 saturated carbocycles. The normalized spacial score (nSPS) is 21.0. The molecule has 0 amide bonds. The van der Waals surface area contributed by atoms with Crippen LogP contribution in [0.1, 0.15) is 36.0 Å². The third kappa shape index (κ3) is 11.8. The van der Waals surface area contributed by atoms with E-state index in [1.807, 2.05) is 54.6 Å². The maximum Gasteiger partial charge on any atom is 0.229 e. The van der Waals surface area contributed by atoms with Crippen LogP contribution in [0.25, 0.3) is 0 Å². The van der Waals surface area contributed by atoms with Gasteiger partial charge in [-0.25, -0.2) is 0 Å². The van der Waals surface area contributed by atoms with E-state index in [1.54, 1.807) is 74.0 Å². The van der Waals surface area contributed by atoms with Crippen molar-refractivity contribution in [2.75, 3.05) is 62.1 Å². The van der Waals surface area contributed by atoms with Gasteiger partial charge < -0.3 is 61.7 Å². The van der Waals surface area contributed by atoms with Gasteiger partial charge in [-0.05, 0) is 103 Å². The van der Waals surface area contributed by atoms with Gasteiger partial charge in [0, 0.05) is 12.3 Å². The Labute approximate surface area is 352 Å². The summed E-state index contributed by atoms with van der Waals surface area (Å²) in [6, 6.07) is 23.8. The van der Waals surface area contributed by atoms with Gasteiger partial charge in [-0.2, -0.15) is 0 Å². The molecule has 0 radical (unpaired) electrons. The van der Waals surface area contributed by atoms with Gasteiger partial charge >= 0.3 is 0 Å². The number of hydrogen-bond acceptors (Lipinski definition) is 13. The lowest BCUT2D eigenvalue weighted by Gasteiger charge is -2.46. The molecule has 60 heavy (non-hydrogen) atoms. The van der Waals surface area contributed by atoms with E-state index in [0.717, 1.165) is 29.5 Å². The lowest BCUT2D eigenvalue weighted by atomic mass is 9.96. The molecule has 1 aliphatic carbocycles. The summed E-state index contributed by atoms with van der Waals surface area (Å²) in [5.41, 5.74) is 2.39. The molecule has 0 spiro atoms. The topological polar surface area (TPSA) is 148 Å². The summed E-state index contributed by atoms with van der Waals surface area (Å²) in [7, 11) is 7.55. The van der Waals surface area contributed by atoms with E-state index in [0.29, 0.717) is 46.0 Å². The van der Waals surface area contributed by atoms with Crippen molar-refractivity contribution in [1.82, 2.24) is 0 Å². The molecule has 2 unspecified atom stereocenters. The van der Waals surface area contributed by atoms with Crippen molar-refractivity contribution in [3.63, 3.8) is 0 Å². The van der Waals surface area contributed by atoms with Gasteiger partial charge in [-0.15, -0.1) is 0 Å². The first-order valence-corrected chi connectivity index (χ1v) is 21.9. The van der Waals surface area contributed by atoms with E-state index < -0.39 is 38.1 Å². The SMILES string of the molecule is COc1ccc(OC2O[C@H](CCP(=O)(O)CC3CC3)[C@@H](OCc3ccc(OC)c(OC)c3)[C@H](OCc3ccc(OC)c(OC)c3)[C@@H]2OCc2ccc(OC)c(OC)c2)cc1. The van der Waals surface area contributed by atoms with Crippen LogP contribution in [0.5, 0.6) is 46.0 Å². The Kier molecular flexibility index (Phi) is 15.9. The zero-order chi connectivity index (χ0) is 42.6.